The second-order valence-corrected chi connectivity index (χ2v) is 6.76. The average Bonchev–Trinajstić information content (AvgIpc) is 2.90. The summed E-state index contributed by atoms with van der Waals surface area (Å²) in [5, 5.41) is 10.6. The van der Waals surface area contributed by atoms with Gasteiger partial charge in [-0.05, 0) is 24.3 Å². The van der Waals surface area contributed by atoms with E-state index in [0.29, 0.717) is 5.69 Å². The number of hydrogen-bond donors (Lipinski definition) is 2. The first-order valence-corrected chi connectivity index (χ1v) is 8.32. The highest BCUT2D eigenvalue weighted by atomic mass is 32.2. The Hall–Kier alpha value is -2.30. The number of fused-ring (bicyclic) bond motifs is 1. The summed E-state index contributed by atoms with van der Waals surface area (Å²) < 4.78 is 29.0. The van der Waals surface area contributed by atoms with Gasteiger partial charge in [0.15, 0.2) is 0 Å². The molecule has 0 atom stereocenters. The van der Waals surface area contributed by atoms with Gasteiger partial charge in [-0.1, -0.05) is 12.1 Å². The van der Waals surface area contributed by atoms with Gasteiger partial charge in [-0.25, -0.2) is 12.8 Å². The Kier molecular flexibility index (Phi) is 3.64. The molecule has 2 N–H and O–H groups in total. The van der Waals surface area contributed by atoms with Gasteiger partial charge in [0.1, 0.15) is 0 Å². The largest absolute Gasteiger partial charge is 0.309 e. The SMILES string of the molecule is O=[N+]([O-])c1ccc(S(=O)(=O)NN2SNc3ccccc32)cc1. The highest BCUT2D eigenvalue weighted by Crippen LogP contribution is 2.37. The van der Waals surface area contributed by atoms with Crippen LogP contribution in [0.25, 0.3) is 0 Å². The average molecular weight is 338 g/mol. The van der Waals surface area contributed by atoms with E-state index in [1.165, 1.54) is 16.5 Å². The van der Waals surface area contributed by atoms with Gasteiger partial charge in [0.2, 0.25) is 0 Å². The van der Waals surface area contributed by atoms with Crippen molar-refractivity contribution in [1.82, 2.24) is 4.83 Å². The number of nitro groups is 1. The third-order valence-electron chi connectivity index (χ3n) is 2.93. The van der Waals surface area contributed by atoms with E-state index in [1.807, 2.05) is 12.1 Å². The van der Waals surface area contributed by atoms with Crippen molar-refractivity contribution in [3.05, 3.63) is 58.6 Å². The highest BCUT2D eigenvalue weighted by Gasteiger charge is 2.25. The number of benzene rings is 2. The fourth-order valence-corrected chi connectivity index (χ4v) is 3.84. The van der Waals surface area contributed by atoms with E-state index in [2.05, 4.69) is 9.55 Å². The highest BCUT2D eigenvalue weighted by molar-refractivity contribution is 8.03. The lowest BCUT2D eigenvalue weighted by molar-refractivity contribution is -0.384. The molecule has 0 aliphatic carbocycles. The van der Waals surface area contributed by atoms with Crippen LogP contribution in [-0.2, 0) is 10.0 Å². The van der Waals surface area contributed by atoms with Gasteiger partial charge in [0.05, 0.1) is 33.3 Å². The number of nitro benzene ring substituents is 1. The minimum absolute atomic E-state index is 0.0527. The van der Waals surface area contributed by atoms with Crippen LogP contribution in [0, 0.1) is 10.1 Å². The predicted molar refractivity (Wildman–Crippen MR) is 83.6 cm³/mol. The molecule has 0 saturated carbocycles. The Balaban J connectivity index is 1.84. The summed E-state index contributed by atoms with van der Waals surface area (Å²) in [7, 11) is -3.84. The standard InChI is InChI=1S/C12H10N4O4S2/c17-16(18)9-5-7-10(8-6-9)22(19,20)14-15-12-4-2-1-3-11(12)13-21-15/h1-8,13-14H. The molecule has 114 valence electrons. The lowest BCUT2D eigenvalue weighted by atomic mass is 10.3. The van der Waals surface area contributed by atoms with Crippen molar-refractivity contribution in [2.75, 3.05) is 9.14 Å². The lowest BCUT2D eigenvalue weighted by Gasteiger charge is -2.16. The summed E-state index contributed by atoms with van der Waals surface area (Å²) in [6.07, 6.45) is 0. The molecule has 0 bridgehead atoms. The normalized spacial score (nSPS) is 13.5. The van der Waals surface area contributed by atoms with E-state index in [1.54, 1.807) is 12.1 Å². The van der Waals surface area contributed by atoms with Gasteiger partial charge in [-0.2, -0.15) is 0 Å². The third kappa shape index (κ3) is 2.71. The van der Waals surface area contributed by atoms with Crippen LogP contribution in [0.4, 0.5) is 17.1 Å². The smallest absolute Gasteiger partial charge is 0.269 e. The molecule has 8 nitrogen and oxygen atoms in total. The molecular formula is C12H10N4O4S2. The maximum atomic E-state index is 12.3. The molecule has 1 aliphatic heterocycles. The van der Waals surface area contributed by atoms with Crippen molar-refractivity contribution in [3.8, 4) is 0 Å². The summed E-state index contributed by atoms with van der Waals surface area (Å²) in [5.74, 6) is 0. The molecule has 1 heterocycles. The molecule has 3 rings (SSSR count). The van der Waals surface area contributed by atoms with E-state index in [4.69, 9.17) is 0 Å². The number of sulfonamides is 1. The first kappa shape index (κ1) is 14.6. The molecule has 2 aromatic rings. The van der Waals surface area contributed by atoms with Gasteiger partial charge in [0, 0.05) is 12.1 Å². The molecule has 22 heavy (non-hydrogen) atoms. The minimum Gasteiger partial charge on any atom is -0.309 e. The number of nitrogens with one attached hydrogen (secondary N) is 2. The number of non-ortho nitro benzene ring substituents is 1. The molecule has 0 radical (unpaired) electrons. The zero-order chi connectivity index (χ0) is 15.7. The van der Waals surface area contributed by atoms with Crippen LogP contribution in [0.3, 0.4) is 0 Å². The van der Waals surface area contributed by atoms with Crippen LogP contribution in [-0.4, -0.2) is 13.3 Å². The number of anilines is 2. The molecule has 2 aromatic carbocycles. The van der Waals surface area contributed by atoms with E-state index < -0.39 is 14.9 Å². The maximum absolute atomic E-state index is 12.3. The molecule has 0 unspecified atom stereocenters. The molecule has 1 aliphatic rings. The first-order valence-electron chi connectivity index (χ1n) is 6.06. The first-order chi connectivity index (χ1) is 10.5. The Labute approximate surface area is 130 Å². The third-order valence-corrected chi connectivity index (χ3v) is 5.14. The summed E-state index contributed by atoms with van der Waals surface area (Å²) in [6.45, 7) is 0. The molecule has 0 saturated heterocycles. The minimum atomic E-state index is -3.84. The number of hydrazine groups is 1. The summed E-state index contributed by atoms with van der Waals surface area (Å²) in [6, 6.07) is 11.9. The second-order valence-electron chi connectivity index (χ2n) is 4.35. The van der Waals surface area contributed by atoms with Crippen molar-refractivity contribution < 1.29 is 13.3 Å². The Morgan fingerprint density at radius 2 is 1.82 bits per heavy atom. The quantitative estimate of drug-likeness (QED) is 0.500. The van der Waals surface area contributed by atoms with E-state index >= 15 is 0 Å². The molecule has 10 heteroatoms. The lowest BCUT2D eigenvalue weighted by Crippen LogP contribution is -2.36. The van der Waals surface area contributed by atoms with Crippen LogP contribution in [0.2, 0.25) is 0 Å². The second kappa shape index (κ2) is 5.48. The maximum Gasteiger partial charge on any atom is 0.269 e. The topological polar surface area (TPSA) is 105 Å². The summed E-state index contributed by atoms with van der Waals surface area (Å²) in [4.78, 5) is 12.4. The zero-order valence-corrected chi connectivity index (χ0v) is 12.6. The van der Waals surface area contributed by atoms with Crippen molar-refractivity contribution >= 4 is 39.2 Å². The summed E-state index contributed by atoms with van der Waals surface area (Å²) in [5.41, 5.74) is 1.30. The van der Waals surface area contributed by atoms with E-state index in [0.717, 1.165) is 30.0 Å². The molecule has 0 aromatic heterocycles. The number of nitrogens with zero attached hydrogens (tertiary/aromatic N) is 2. The van der Waals surface area contributed by atoms with Crippen molar-refractivity contribution in [1.29, 1.82) is 0 Å². The van der Waals surface area contributed by atoms with Crippen LogP contribution < -0.4 is 14.0 Å². The Bertz CT molecular complexity index is 823. The van der Waals surface area contributed by atoms with Gasteiger partial charge in [0.25, 0.3) is 15.7 Å². The number of para-hydroxylation sites is 2. The van der Waals surface area contributed by atoms with Crippen molar-refractivity contribution in [2.45, 2.75) is 4.90 Å². The van der Waals surface area contributed by atoms with E-state index in [9.17, 15) is 18.5 Å². The van der Waals surface area contributed by atoms with Gasteiger partial charge >= 0.3 is 0 Å². The fraction of sp³-hybridized carbons (Fsp3) is 0. The van der Waals surface area contributed by atoms with E-state index in [-0.39, 0.29) is 10.6 Å². The van der Waals surface area contributed by atoms with Gasteiger partial charge < -0.3 is 4.72 Å². The zero-order valence-electron chi connectivity index (χ0n) is 11.0. The van der Waals surface area contributed by atoms with Crippen LogP contribution in [0.15, 0.2) is 53.4 Å². The van der Waals surface area contributed by atoms with Gasteiger partial charge in [-0.15, -0.1) is 4.83 Å². The monoisotopic (exact) mass is 338 g/mol. The van der Waals surface area contributed by atoms with Crippen molar-refractivity contribution in [2.24, 2.45) is 0 Å². The molecule has 0 amide bonds. The predicted octanol–water partition coefficient (Wildman–Crippen LogP) is 2.28. The number of hydrogen-bond acceptors (Lipinski definition) is 7. The fourth-order valence-electron chi connectivity index (χ4n) is 1.86. The Morgan fingerprint density at radius 1 is 1.14 bits per heavy atom. The van der Waals surface area contributed by atoms with Crippen LogP contribution >= 0.6 is 12.1 Å². The summed E-state index contributed by atoms with van der Waals surface area (Å²) >= 11 is 1.09. The van der Waals surface area contributed by atoms with Gasteiger partial charge in [-0.3, -0.25) is 10.1 Å². The Morgan fingerprint density at radius 3 is 2.50 bits per heavy atom. The molecule has 0 spiro atoms. The molecule has 0 fully saturated rings. The number of rotatable bonds is 4. The van der Waals surface area contributed by atoms with Crippen molar-refractivity contribution in [3.63, 3.8) is 0 Å². The van der Waals surface area contributed by atoms with Crippen LogP contribution in [0.1, 0.15) is 0 Å². The molecular weight excluding hydrogens is 328 g/mol. The van der Waals surface area contributed by atoms with Crippen LogP contribution in [0.5, 0.6) is 0 Å².